The minimum absolute atomic E-state index is 0.203. The Labute approximate surface area is 91.1 Å². The van der Waals surface area contributed by atoms with Gasteiger partial charge in [0.05, 0.1) is 0 Å². The molecule has 15 heavy (non-hydrogen) atoms. The molecular weight excluding hydrogens is 184 g/mol. The second-order valence-corrected chi connectivity index (χ2v) is 3.77. The molecule has 1 aliphatic rings. The predicted molar refractivity (Wildman–Crippen MR) is 62.1 cm³/mol. The third-order valence-corrected chi connectivity index (χ3v) is 2.79. The van der Waals surface area contributed by atoms with Crippen LogP contribution < -0.4 is 4.74 Å². The van der Waals surface area contributed by atoms with Gasteiger partial charge in [-0.15, -0.1) is 13.2 Å². The zero-order chi connectivity index (χ0) is 10.7. The molecule has 0 saturated carbocycles. The fourth-order valence-electron chi connectivity index (χ4n) is 2.10. The fourth-order valence-corrected chi connectivity index (χ4v) is 2.10. The fraction of sp³-hybridized carbons (Fsp3) is 0.286. The van der Waals surface area contributed by atoms with E-state index in [4.69, 9.17) is 4.74 Å². The normalized spacial score (nSPS) is 22.9. The molecule has 0 spiro atoms. The molecule has 1 aromatic carbocycles. The summed E-state index contributed by atoms with van der Waals surface area (Å²) in [5.41, 5.74) is 1.25. The molecule has 1 aromatic rings. The van der Waals surface area contributed by atoms with Gasteiger partial charge in [0, 0.05) is 24.0 Å². The number of allylic oxidation sites excluding steroid dienone is 1. The van der Waals surface area contributed by atoms with Crippen molar-refractivity contribution in [2.45, 2.75) is 24.9 Å². The van der Waals surface area contributed by atoms with Gasteiger partial charge in [0.25, 0.3) is 0 Å². The summed E-state index contributed by atoms with van der Waals surface area (Å²) >= 11 is 0. The zero-order valence-electron chi connectivity index (χ0n) is 8.78. The third-order valence-electron chi connectivity index (χ3n) is 2.79. The van der Waals surface area contributed by atoms with Crippen LogP contribution in [0.2, 0.25) is 0 Å². The lowest BCUT2D eigenvalue weighted by Crippen LogP contribution is -2.17. The van der Waals surface area contributed by atoms with E-state index in [2.05, 4.69) is 25.3 Å². The Bertz CT molecular complexity index is 367. The number of fused-ring (bicyclic) bond motifs is 1. The second-order valence-electron chi connectivity index (χ2n) is 3.77. The van der Waals surface area contributed by atoms with Crippen molar-refractivity contribution in [3.63, 3.8) is 0 Å². The summed E-state index contributed by atoms with van der Waals surface area (Å²) < 4.78 is 5.84. The van der Waals surface area contributed by atoms with Gasteiger partial charge in [-0.05, 0) is 6.42 Å². The quantitative estimate of drug-likeness (QED) is 0.674. The van der Waals surface area contributed by atoms with E-state index in [9.17, 15) is 0 Å². The van der Waals surface area contributed by atoms with Gasteiger partial charge in [-0.3, -0.25) is 0 Å². The van der Waals surface area contributed by atoms with E-state index in [1.165, 1.54) is 5.56 Å². The van der Waals surface area contributed by atoms with Gasteiger partial charge in [-0.1, -0.05) is 30.4 Å². The van der Waals surface area contributed by atoms with Crippen molar-refractivity contribution in [2.75, 3.05) is 0 Å². The average Bonchev–Trinajstić information content (AvgIpc) is 2.59. The van der Waals surface area contributed by atoms with E-state index < -0.39 is 0 Å². The zero-order valence-corrected chi connectivity index (χ0v) is 8.78. The molecular formula is C14H15O. The van der Waals surface area contributed by atoms with Crippen LogP contribution in [-0.4, -0.2) is 6.10 Å². The van der Waals surface area contributed by atoms with E-state index in [0.29, 0.717) is 5.92 Å². The summed E-state index contributed by atoms with van der Waals surface area (Å²) in [7, 11) is 0. The first-order valence-electron chi connectivity index (χ1n) is 5.26. The van der Waals surface area contributed by atoms with Crippen molar-refractivity contribution in [1.82, 2.24) is 0 Å². The van der Waals surface area contributed by atoms with Gasteiger partial charge in [-0.25, -0.2) is 0 Å². The molecule has 2 rings (SSSR count). The molecule has 0 amide bonds. The SMILES string of the molecule is C=CCC1Oc2[c]cccc2C1CC=C. The van der Waals surface area contributed by atoms with Crippen LogP contribution in [0.3, 0.4) is 0 Å². The van der Waals surface area contributed by atoms with E-state index in [-0.39, 0.29) is 6.10 Å². The predicted octanol–water partition coefficient (Wildman–Crippen LogP) is 3.48. The lowest BCUT2D eigenvalue weighted by atomic mass is 9.91. The van der Waals surface area contributed by atoms with Gasteiger partial charge in [0.1, 0.15) is 11.9 Å². The highest BCUT2D eigenvalue weighted by atomic mass is 16.5. The highest BCUT2D eigenvalue weighted by molar-refractivity contribution is 5.40. The van der Waals surface area contributed by atoms with Crippen molar-refractivity contribution in [3.8, 4) is 5.75 Å². The lowest BCUT2D eigenvalue weighted by molar-refractivity contribution is 0.208. The van der Waals surface area contributed by atoms with Crippen LogP contribution in [0.1, 0.15) is 24.3 Å². The summed E-state index contributed by atoms with van der Waals surface area (Å²) in [6, 6.07) is 9.15. The van der Waals surface area contributed by atoms with Crippen LogP contribution in [0, 0.1) is 6.07 Å². The van der Waals surface area contributed by atoms with E-state index in [1.54, 1.807) is 0 Å². The summed E-state index contributed by atoms with van der Waals surface area (Å²) in [4.78, 5) is 0. The van der Waals surface area contributed by atoms with Crippen molar-refractivity contribution in [3.05, 3.63) is 55.1 Å². The number of ether oxygens (including phenoxy) is 1. The largest absolute Gasteiger partial charge is 0.489 e. The first-order valence-corrected chi connectivity index (χ1v) is 5.26. The number of hydrogen-bond donors (Lipinski definition) is 0. The van der Waals surface area contributed by atoms with Crippen LogP contribution in [0.25, 0.3) is 0 Å². The Kier molecular flexibility index (Phi) is 2.91. The van der Waals surface area contributed by atoms with Crippen LogP contribution in [-0.2, 0) is 0 Å². The molecule has 0 fully saturated rings. The van der Waals surface area contributed by atoms with Gasteiger partial charge in [0.15, 0.2) is 0 Å². The molecule has 1 aliphatic heterocycles. The van der Waals surface area contributed by atoms with E-state index in [1.807, 2.05) is 24.3 Å². The molecule has 2 unspecified atom stereocenters. The maximum absolute atomic E-state index is 5.84. The van der Waals surface area contributed by atoms with Gasteiger partial charge >= 0.3 is 0 Å². The van der Waals surface area contributed by atoms with Gasteiger partial charge < -0.3 is 4.74 Å². The molecule has 0 bridgehead atoms. The smallest absolute Gasteiger partial charge is 0.131 e. The number of benzene rings is 1. The average molecular weight is 199 g/mol. The molecule has 1 heterocycles. The Morgan fingerprint density at radius 1 is 1.33 bits per heavy atom. The highest BCUT2D eigenvalue weighted by Gasteiger charge is 2.32. The number of hydrogen-bond acceptors (Lipinski definition) is 1. The highest BCUT2D eigenvalue weighted by Crippen LogP contribution is 2.41. The lowest BCUT2D eigenvalue weighted by Gasteiger charge is -2.15. The molecule has 1 nitrogen and oxygen atoms in total. The molecule has 1 heteroatoms. The molecule has 1 radical (unpaired) electrons. The van der Waals surface area contributed by atoms with Crippen molar-refractivity contribution >= 4 is 0 Å². The summed E-state index contributed by atoms with van der Waals surface area (Å²) in [5.74, 6) is 1.31. The van der Waals surface area contributed by atoms with Crippen LogP contribution in [0.5, 0.6) is 5.75 Å². The molecule has 0 aromatic heterocycles. The van der Waals surface area contributed by atoms with Crippen LogP contribution in [0.4, 0.5) is 0 Å². The summed E-state index contributed by atoms with van der Waals surface area (Å²) in [6.07, 6.45) is 5.89. The minimum atomic E-state index is 0.203. The van der Waals surface area contributed by atoms with Crippen molar-refractivity contribution in [1.29, 1.82) is 0 Å². The Balaban J connectivity index is 2.28. The summed E-state index contributed by atoms with van der Waals surface area (Å²) in [5, 5.41) is 0. The molecule has 0 aliphatic carbocycles. The topological polar surface area (TPSA) is 9.23 Å². The third kappa shape index (κ3) is 1.82. The van der Waals surface area contributed by atoms with Crippen molar-refractivity contribution in [2.24, 2.45) is 0 Å². The Hall–Kier alpha value is -1.50. The van der Waals surface area contributed by atoms with E-state index >= 15 is 0 Å². The van der Waals surface area contributed by atoms with E-state index in [0.717, 1.165) is 18.6 Å². The maximum atomic E-state index is 5.84. The second kappa shape index (κ2) is 4.35. The molecule has 77 valence electrons. The Morgan fingerprint density at radius 2 is 2.13 bits per heavy atom. The van der Waals surface area contributed by atoms with Crippen molar-refractivity contribution < 1.29 is 4.74 Å². The maximum Gasteiger partial charge on any atom is 0.131 e. The standard InChI is InChI=1S/C14H15O/c1-3-7-11-12-9-5-6-10-14(12)15-13(11)8-4-2/h3-6,9,11,13H,1-2,7-8H2. The summed E-state index contributed by atoms with van der Waals surface area (Å²) in [6.45, 7) is 7.57. The van der Waals surface area contributed by atoms with Gasteiger partial charge in [-0.2, -0.15) is 0 Å². The number of rotatable bonds is 4. The molecule has 2 atom stereocenters. The van der Waals surface area contributed by atoms with Gasteiger partial charge in [0.2, 0.25) is 0 Å². The van der Waals surface area contributed by atoms with Crippen LogP contribution >= 0.6 is 0 Å². The number of para-hydroxylation sites is 1. The Morgan fingerprint density at radius 3 is 2.87 bits per heavy atom. The first kappa shape index (κ1) is 10.0. The minimum Gasteiger partial charge on any atom is -0.489 e. The van der Waals surface area contributed by atoms with Crippen LogP contribution in [0.15, 0.2) is 43.5 Å². The first-order chi connectivity index (χ1) is 7.36. The molecule has 0 N–H and O–H groups in total. The molecule has 0 saturated heterocycles. The monoisotopic (exact) mass is 199 g/mol.